The van der Waals surface area contributed by atoms with E-state index in [1.54, 1.807) is 0 Å². The van der Waals surface area contributed by atoms with Crippen molar-refractivity contribution in [3.63, 3.8) is 0 Å². The molecule has 1 aromatic carbocycles. The van der Waals surface area contributed by atoms with Gasteiger partial charge in [-0.3, -0.25) is 0 Å². The second kappa shape index (κ2) is 6.39. The Kier molecular flexibility index (Phi) is 4.10. The first kappa shape index (κ1) is 15.4. The van der Waals surface area contributed by atoms with Crippen LogP contribution in [0.1, 0.15) is 31.2 Å². The number of nitrogens with zero attached hydrogens (tertiary/aromatic N) is 5. The van der Waals surface area contributed by atoms with Crippen LogP contribution in [0.3, 0.4) is 0 Å². The number of nitrogens with one attached hydrogen (secondary N) is 1. The Morgan fingerprint density at radius 3 is 2.71 bits per heavy atom. The van der Waals surface area contributed by atoms with Crippen molar-refractivity contribution in [2.75, 3.05) is 11.9 Å². The molecule has 1 fully saturated rings. The third-order valence-corrected chi connectivity index (χ3v) is 6.02. The maximum atomic E-state index is 4.41. The van der Waals surface area contributed by atoms with Crippen LogP contribution in [0.25, 0.3) is 5.65 Å². The van der Waals surface area contributed by atoms with Crippen molar-refractivity contribution in [2.24, 2.45) is 0 Å². The molecule has 124 valence electrons. The molecule has 0 radical (unpaired) electrons. The summed E-state index contributed by atoms with van der Waals surface area (Å²) in [6.45, 7) is 3.02. The van der Waals surface area contributed by atoms with Crippen LogP contribution < -0.4 is 5.32 Å². The molecule has 4 rings (SSSR count). The third-order valence-electron chi connectivity index (χ3n) is 4.53. The third kappa shape index (κ3) is 3.21. The highest BCUT2D eigenvalue weighted by Gasteiger charge is 2.35. The van der Waals surface area contributed by atoms with Crippen molar-refractivity contribution < 1.29 is 0 Å². The number of thioether (sulfide) groups is 1. The molecule has 7 heteroatoms. The summed E-state index contributed by atoms with van der Waals surface area (Å²) < 4.78 is 1.68. The zero-order valence-electron chi connectivity index (χ0n) is 13.6. The van der Waals surface area contributed by atoms with Crippen LogP contribution in [0.4, 0.5) is 5.82 Å². The van der Waals surface area contributed by atoms with E-state index >= 15 is 0 Å². The van der Waals surface area contributed by atoms with Gasteiger partial charge in [-0.2, -0.15) is 0 Å². The Balaban J connectivity index is 1.49. The minimum Gasteiger partial charge on any atom is -0.367 e. The quantitative estimate of drug-likeness (QED) is 0.768. The largest absolute Gasteiger partial charge is 0.367 e. The Morgan fingerprint density at radius 1 is 1.12 bits per heavy atom. The predicted molar refractivity (Wildman–Crippen MR) is 95.3 cm³/mol. The van der Waals surface area contributed by atoms with Crippen molar-refractivity contribution in [1.82, 2.24) is 25.3 Å². The van der Waals surface area contributed by atoms with Crippen molar-refractivity contribution in [3.8, 4) is 0 Å². The monoisotopic (exact) mass is 340 g/mol. The van der Waals surface area contributed by atoms with Crippen molar-refractivity contribution in [2.45, 2.75) is 42.2 Å². The molecular formula is C17H20N6S. The normalized spacial score (nSPS) is 16.5. The van der Waals surface area contributed by atoms with E-state index in [4.69, 9.17) is 0 Å². The van der Waals surface area contributed by atoms with Gasteiger partial charge < -0.3 is 5.32 Å². The molecule has 3 aromatic rings. The summed E-state index contributed by atoms with van der Waals surface area (Å²) in [6.07, 6.45) is 5.04. The summed E-state index contributed by atoms with van der Waals surface area (Å²) in [6, 6.07) is 12.6. The molecular weight excluding hydrogens is 320 g/mol. The second-order valence-corrected chi connectivity index (χ2v) is 7.95. The molecule has 24 heavy (non-hydrogen) atoms. The number of tetrazole rings is 1. The molecule has 1 aliphatic rings. The molecule has 0 spiro atoms. The molecule has 1 aliphatic carbocycles. The lowest BCUT2D eigenvalue weighted by Crippen LogP contribution is -2.30. The van der Waals surface area contributed by atoms with Gasteiger partial charge in [0.2, 0.25) is 0 Å². The van der Waals surface area contributed by atoms with Gasteiger partial charge in [0, 0.05) is 16.2 Å². The van der Waals surface area contributed by atoms with Gasteiger partial charge in [0.05, 0.1) is 0 Å². The fourth-order valence-corrected chi connectivity index (χ4v) is 4.60. The first-order chi connectivity index (χ1) is 11.7. The van der Waals surface area contributed by atoms with Crippen LogP contribution in [0.2, 0.25) is 0 Å². The Bertz CT molecular complexity index is 822. The number of hydrogen-bond acceptors (Lipinski definition) is 6. The lowest BCUT2D eigenvalue weighted by atomic mass is 10.1. The van der Waals surface area contributed by atoms with E-state index in [2.05, 4.69) is 57.1 Å². The van der Waals surface area contributed by atoms with Crippen LogP contribution in [0.5, 0.6) is 0 Å². The molecule has 0 bridgehead atoms. The maximum Gasteiger partial charge on any atom is 0.200 e. The molecule has 2 heterocycles. The number of benzene rings is 1. The van der Waals surface area contributed by atoms with Gasteiger partial charge in [0.1, 0.15) is 5.82 Å². The first-order valence-electron chi connectivity index (χ1n) is 8.28. The summed E-state index contributed by atoms with van der Waals surface area (Å²) in [5.41, 5.74) is 1.96. The standard InChI is InChI=1S/C17H20N6S/c1-13-4-6-14(7-5-13)24-17(10-2-3-11-17)12-18-15-8-9-16-19-21-22-23(16)20-15/h4-9H,2-3,10-12H2,1H3,(H,18,20). The van der Waals surface area contributed by atoms with Gasteiger partial charge in [-0.15, -0.1) is 26.6 Å². The minimum atomic E-state index is 0.229. The van der Waals surface area contributed by atoms with E-state index in [9.17, 15) is 0 Å². The SMILES string of the molecule is Cc1ccc(SC2(CNc3ccc4nnnn4n3)CCCC2)cc1. The first-order valence-corrected chi connectivity index (χ1v) is 9.09. The molecule has 0 amide bonds. The van der Waals surface area contributed by atoms with E-state index in [-0.39, 0.29) is 4.75 Å². The van der Waals surface area contributed by atoms with Crippen molar-refractivity contribution in [1.29, 1.82) is 0 Å². The minimum absolute atomic E-state index is 0.229. The van der Waals surface area contributed by atoms with Crippen molar-refractivity contribution in [3.05, 3.63) is 42.0 Å². The van der Waals surface area contributed by atoms with E-state index in [0.29, 0.717) is 5.65 Å². The smallest absolute Gasteiger partial charge is 0.200 e. The Hall–Kier alpha value is -2.15. The van der Waals surface area contributed by atoms with E-state index in [1.165, 1.54) is 40.8 Å². The zero-order chi connectivity index (χ0) is 16.4. The highest BCUT2D eigenvalue weighted by molar-refractivity contribution is 8.00. The topological polar surface area (TPSA) is 68.0 Å². The Morgan fingerprint density at radius 2 is 1.92 bits per heavy atom. The summed E-state index contributed by atoms with van der Waals surface area (Å²) >= 11 is 1.99. The second-order valence-electron chi connectivity index (χ2n) is 6.40. The Labute approximate surface area is 145 Å². The number of fused-ring (bicyclic) bond motifs is 1. The van der Waals surface area contributed by atoms with Gasteiger partial charge in [-0.05, 0) is 54.5 Å². The fraction of sp³-hybridized carbons (Fsp3) is 0.412. The lowest BCUT2D eigenvalue weighted by Gasteiger charge is -2.29. The van der Waals surface area contributed by atoms with Crippen LogP contribution in [0, 0.1) is 6.92 Å². The highest BCUT2D eigenvalue weighted by atomic mass is 32.2. The average Bonchev–Trinajstić information content (AvgIpc) is 3.24. The molecule has 0 atom stereocenters. The van der Waals surface area contributed by atoms with Crippen LogP contribution in [0.15, 0.2) is 41.3 Å². The van der Waals surface area contributed by atoms with Gasteiger partial charge in [-0.1, -0.05) is 30.5 Å². The van der Waals surface area contributed by atoms with E-state index in [0.717, 1.165) is 12.4 Å². The van der Waals surface area contributed by atoms with Crippen LogP contribution in [-0.2, 0) is 0 Å². The lowest BCUT2D eigenvalue weighted by molar-refractivity contribution is 0.633. The predicted octanol–water partition coefficient (Wildman–Crippen LogP) is 3.34. The van der Waals surface area contributed by atoms with Crippen LogP contribution >= 0.6 is 11.8 Å². The molecule has 1 N–H and O–H groups in total. The zero-order valence-corrected chi connectivity index (χ0v) is 14.5. The van der Waals surface area contributed by atoms with Gasteiger partial charge in [0.25, 0.3) is 0 Å². The molecule has 2 aromatic heterocycles. The molecule has 0 aliphatic heterocycles. The summed E-state index contributed by atoms with van der Waals surface area (Å²) in [7, 11) is 0. The number of aromatic nitrogens is 5. The maximum absolute atomic E-state index is 4.41. The summed E-state index contributed by atoms with van der Waals surface area (Å²) in [4.78, 5) is 1.34. The number of aryl methyl sites for hydroxylation is 1. The van der Waals surface area contributed by atoms with Gasteiger partial charge in [0.15, 0.2) is 5.65 Å². The van der Waals surface area contributed by atoms with E-state index in [1.807, 2.05) is 23.9 Å². The molecule has 0 saturated heterocycles. The number of hydrogen-bond donors (Lipinski definition) is 1. The van der Waals surface area contributed by atoms with Gasteiger partial charge >= 0.3 is 0 Å². The fourth-order valence-electron chi connectivity index (χ4n) is 3.19. The van der Waals surface area contributed by atoms with Gasteiger partial charge in [-0.25, -0.2) is 0 Å². The van der Waals surface area contributed by atoms with E-state index < -0.39 is 0 Å². The van der Waals surface area contributed by atoms with Crippen molar-refractivity contribution >= 4 is 23.2 Å². The summed E-state index contributed by atoms with van der Waals surface area (Å²) in [5, 5.41) is 19.3. The number of anilines is 1. The molecule has 0 unspecified atom stereocenters. The molecule has 1 saturated carbocycles. The molecule has 6 nitrogen and oxygen atoms in total. The average molecular weight is 340 g/mol. The summed E-state index contributed by atoms with van der Waals surface area (Å²) in [5.74, 6) is 0.811. The number of rotatable bonds is 5. The van der Waals surface area contributed by atoms with Crippen LogP contribution in [-0.4, -0.2) is 36.5 Å². The highest BCUT2D eigenvalue weighted by Crippen LogP contribution is 2.45.